The zero-order valence-corrected chi connectivity index (χ0v) is 17.4. The maximum absolute atomic E-state index is 12.7. The van der Waals surface area contributed by atoms with Gasteiger partial charge in [0.05, 0.1) is 19.9 Å². The van der Waals surface area contributed by atoms with Crippen molar-refractivity contribution in [1.29, 1.82) is 0 Å². The number of methoxy groups -OCH3 is 2. The monoisotopic (exact) mass is 404 g/mol. The molecule has 2 aromatic rings. The first kappa shape index (κ1) is 19.9. The fourth-order valence-electron chi connectivity index (χ4n) is 3.44. The van der Waals surface area contributed by atoms with Crippen LogP contribution in [0.4, 0.5) is 0 Å². The number of nitrogens with zero attached hydrogens (tertiary/aromatic N) is 1. The van der Waals surface area contributed by atoms with Gasteiger partial charge in [0.25, 0.3) is 5.91 Å². The van der Waals surface area contributed by atoms with E-state index in [0.717, 1.165) is 11.3 Å². The van der Waals surface area contributed by atoms with E-state index in [4.69, 9.17) is 19.2 Å². The van der Waals surface area contributed by atoms with Crippen molar-refractivity contribution in [1.82, 2.24) is 5.32 Å². The Labute approximate surface area is 175 Å². The second-order valence-corrected chi connectivity index (χ2v) is 7.29. The number of ether oxygens (including phenoxy) is 3. The van der Waals surface area contributed by atoms with Gasteiger partial charge in [0.2, 0.25) is 0 Å². The number of benzene rings is 2. The molecule has 2 aromatic carbocycles. The summed E-state index contributed by atoms with van der Waals surface area (Å²) in [6.07, 6.45) is 5.05. The van der Waals surface area contributed by atoms with Gasteiger partial charge in [-0.3, -0.25) is 9.79 Å². The molecule has 0 unspecified atom stereocenters. The maximum Gasteiger partial charge on any atom is 0.255 e. The Kier molecular flexibility index (Phi) is 5.42. The predicted molar refractivity (Wildman–Crippen MR) is 115 cm³/mol. The molecule has 1 aliphatic carbocycles. The quantitative estimate of drug-likeness (QED) is 0.817. The SMILES string of the molecule is COc1ccc(C(=O)NC2=CC3=N[C@@H](c4ccc(C)c(C)c4)O[C@H]3C=C2)cc1OC. The second-order valence-electron chi connectivity index (χ2n) is 7.29. The van der Waals surface area contributed by atoms with E-state index in [1.807, 2.05) is 24.3 Å². The zero-order chi connectivity index (χ0) is 21.3. The molecule has 6 heteroatoms. The van der Waals surface area contributed by atoms with Crippen LogP contribution in [0.3, 0.4) is 0 Å². The van der Waals surface area contributed by atoms with E-state index in [-0.39, 0.29) is 18.2 Å². The van der Waals surface area contributed by atoms with Gasteiger partial charge in [-0.05, 0) is 61.4 Å². The third-order valence-corrected chi connectivity index (χ3v) is 5.31. The van der Waals surface area contributed by atoms with Crippen molar-refractivity contribution in [3.8, 4) is 11.5 Å². The van der Waals surface area contributed by atoms with Crippen molar-refractivity contribution in [2.75, 3.05) is 14.2 Å². The van der Waals surface area contributed by atoms with E-state index < -0.39 is 0 Å². The molecule has 0 radical (unpaired) electrons. The van der Waals surface area contributed by atoms with Crippen LogP contribution in [0, 0.1) is 13.8 Å². The Hall–Kier alpha value is -3.38. The molecule has 0 saturated heterocycles. The van der Waals surface area contributed by atoms with E-state index >= 15 is 0 Å². The lowest BCUT2D eigenvalue weighted by Gasteiger charge is -2.15. The number of carbonyl (C=O) groups excluding carboxylic acids is 1. The Bertz CT molecular complexity index is 1080. The van der Waals surface area contributed by atoms with Crippen molar-refractivity contribution >= 4 is 11.6 Å². The molecule has 2 aliphatic rings. The maximum atomic E-state index is 12.7. The van der Waals surface area contributed by atoms with Crippen LogP contribution in [-0.4, -0.2) is 31.9 Å². The molecule has 4 rings (SSSR count). The van der Waals surface area contributed by atoms with Crippen molar-refractivity contribution in [2.45, 2.75) is 26.2 Å². The number of hydrogen-bond donors (Lipinski definition) is 1. The van der Waals surface area contributed by atoms with Gasteiger partial charge in [-0.15, -0.1) is 0 Å². The Balaban J connectivity index is 1.51. The number of aryl methyl sites for hydroxylation is 2. The number of hydrogen-bond acceptors (Lipinski definition) is 5. The molecular weight excluding hydrogens is 380 g/mol. The number of amides is 1. The average molecular weight is 404 g/mol. The number of nitrogens with one attached hydrogen (secondary N) is 1. The minimum absolute atomic E-state index is 0.210. The van der Waals surface area contributed by atoms with Crippen LogP contribution in [0.15, 0.2) is 65.3 Å². The molecule has 0 fully saturated rings. The van der Waals surface area contributed by atoms with E-state index in [2.05, 4.69) is 31.3 Å². The van der Waals surface area contributed by atoms with Crippen molar-refractivity contribution in [3.05, 3.63) is 82.6 Å². The van der Waals surface area contributed by atoms with Gasteiger partial charge in [-0.1, -0.05) is 18.2 Å². The third kappa shape index (κ3) is 3.86. The summed E-state index contributed by atoms with van der Waals surface area (Å²) in [5.41, 5.74) is 5.40. The summed E-state index contributed by atoms with van der Waals surface area (Å²) in [6.45, 7) is 4.16. The minimum atomic E-state index is -0.342. The fourth-order valence-corrected chi connectivity index (χ4v) is 3.44. The van der Waals surface area contributed by atoms with Gasteiger partial charge in [-0.2, -0.15) is 0 Å². The molecule has 1 amide bonds. The summed E-state index contributed by atoms with van der Waals surface area (Å²) in [5, 5.41) is 2.91. The Morgan fingerprint density at radius 3 is 2.57 bits per heavy atom. The summed E-state index contributed by atoms with van der Waals surface area (Å²) in [5.74, 6) is 0.835. The molecule has 1 aliphatic heterocycles. The topological polar surface area (TPSA) is 69.2 Å². The molecular formula is C24H24N2O4. The van der Waals surface area contributed by atoms with Gasteiger partial charge in [0.1, 0.15) is 6.10 Å². The number of rotatable bonds is 5. The molecule has 1 heterocycles. The normalized spacial score (nSPS) is 19.6. The smallest absolute Gasteiger partial charge is 0.255 e. The molecule has 0 saturated carbocycles. The molecule has 30 heavy (non-hydrogen) atoms. The molecule has 2 atom stereocenters. The Morgan fingerprint density at radius 2 is 1.83 bits per heavy atom. The van der Waals surface area contributed by atoms with E-state index in [1.54, 1.807) is 25.3 Å². The van der Waals surface area contributed by atoms with Crippen LogP contribution in [0.5, 0.6) is 11.5 Å². The fraction of sp³-hybridized carbons (Fsp3) is 0.250. The number of allylic oxidation sites excluding steroid dienone is 1. The largest absolute Gasteiger partial charge is 0.493 e. The van der Waals surface area contributed by atoms with Crippen molar-refractivity contribution in [2.24, 2.45) is 4.99 Å². The number of aliphatic imine (C=N–C) groups is 1. The lowest BCUT2D eigenvalue weighted by atomic mass is 10.1. The first-order chi connectivity index (χ1) is 14.5. The highest BCUT2D eigenvalue weighted by Gasteiger charge is 2.29. The first-order valence-electron chi connectivity index (χ1n) is 9.72. The highest BCUT2D eigenvalue weighted by molar-refractivity contribution is 6.04. The second kappa shape index (κ2) is 8.16. The summed E-state index contributed by atoms with van der Waals surface area (Å²) in [6, 6.07) is 11.3. The molecule has 6 nitrogen and oxygen atoms in total. The van der Waals surface area contributed by atoms with Crippen molar-refractivity contribution < 1.29 is 19.0 Å². The zero-order valence-electron chi connectivity index (χ0n) is 17.4. The summed E-state index contributed by atoms with van der Waals surface area (Å²) in [7, 11) is 3.09. The van der Waals surface area contributed by atoms with Crippen LogP contribution >= 0.6 is 0 Å². The van der Waals surface area contributed by atoms with Crippen LogP contribution in [0.2, 0.25) is 0 Å². The van der Waals surface area contributed by atoms with E-state index in [9.17, 15) is 4.79 Å². The molecule has 0 bridgehead atoms. The van der Waals surface area contributed by atoms with Gasteiger partial charge in [-0.25, -0.2) is 0 Å². The lowest BCUT2D eigenvalue weighted by Crippen LogP contribution is -2.26. The van der Waals surface area contributed by atoms with Gasteiger partial charge >= 0.3 is 0 Å². The highest BCUT2D eigenvalue weighted by atomic mass is 16.5. The molecule has 154 valence electrons. The minimum Gasteiger partial charge on any atom is -0.493 e. The average Bonchev–Trinajstić information content (AvgIpc) is 3.18. The van der Waals surface area contributed by atoms with Gasteiger partial charge in [0.15, 0.2) is 17.7 Å². The molecule has 0 aromatic heterocycles. The lowest BCUT2D eigenvalue weighted by molar-refractivity contribution is 0.0732. The first-order valence-corrected chi connectivity index (χ1v) is 9.72. The van der Waals surface area contributed by atoms with E-state index in [1.165, 1.54) is 18.2 Å². The van der Waals surface area contributed by atoms with Crippen LogP contribution in [0.1, 0.15) is 33.3 Å². The Morgan fingerprint density at radius 1 is 1.03 bits per heavy atom. The summed E-state index contributed by atoms with van der Waals surface area (Å²) in [4.78, 5) is 17.4. The predicted octanol–water partition coefficient (Wildman–Crippen LogP) is 4.04. The highest BCUT2D eigenvalue weighted by Crippen LogP contribution is 2.31. The number of carbonyl (C=O) groups is 1. The number of fused-ring (bicyclic) bond motifs is 1. The molecule has 0 spiro atoms. The van der Waals surface area contributed by atoms with E-state index in [0.29, 0.717) is 22.8 Å². The summed E-state index contributed by atoms with van der Waals surface area (Å²) < 4.78 is 16.6. The van der Waals surface area contributed by atoms with Gasteiger partial charge in [0, 0.05) is 16.8 Å². The summed E-state index contributed by atoms with van der Waals surface area (Å²) >= 11 is 0. The third-order valence-electron chi connectivity index (χ3n) is 5.31. The molecule has 1 N–H and O–H groups in total. The van der Waals surface area contributed by atoms with Gasteiger partial charge < -0.3 is 19.5 Å². The van der Waals surface area contributed by atoms with Crippen LogP contribution < -0.4 is 14.8 Å². The van der Waals surface area contributed by atoms with Crippen LogP contribution in [0.25, 0.3) is 0 Å². The standard InChI is InChI=1S/C24H24N2O4/c1-14-5-6-17(11-15(14)2)24-26-19-13-18(8-10-20(19)30-24)25-23(27)16-7-9-21(28-3)22(12-16)29-4/h5-13,20,24H,1-4H3,(H,25,27)/t20-,24+/m0/s1. The van der Waals surface area contributed by atoms with Crippen molar-refractivity contribution in [3.63, 3.8) is 0 Å². The van der Waals surface area contributed by atoms with Crippen LogP contribution in [-0.2, 0) is 4.74 Å².